The van der Waals surface area contributed by atoms with E-state index >= 15 is 0 Å². The van der Waals surface area contributed by atoms with Crippen molar-refractivity contribution in [2.24, 2.45) is 0 Å². The van der Waals surface area contributed by atoms with Gasteiger partial charge in [0.2, 0.25) is 0 Å². The van der Waals surface area contributed by atoms with Crippen LogP contribution in [0.2, 0.25) is 0 Å². The summed E-state index contributed by atoms with van der Waals surface area (Å²) in [6.45, 7) is 2.40. The lowest BCUT2D eigenvalue weighted by Crippen LogP contribution is -2.34. The van der Waals surface area contributed by atoms with Gasteiger partial charge in [-0.2, -0.15) is 0 Å². The van der Waals surface area contributed by atoms with E-state index in [-0.39, 0.29) is 6.10 Å². The van der Waals surface area contributed by atoms with Gasteiger partial charge in [-0.1, -0.05) is 0 Å². The molecule has 0 radical (unpaired) electrons. The van der Waals surface area contributed by atoms with Crippen LogP contribution in [0.25, 0.3) is 0 Å². The first kappa shape index (κ1) is 12.5. The van der Waals surface area contributed by atoms with Gasteiger partial charge in [0.15, 0.2) is 0 Å². The lowest BCUT2D eigenvalue weighted by Gasteiger charge is -2.29. The van der Waals surface area contributed by atoms with E-state index in [1.54, 1.807) is 0 Å². The van der Waals surface area contributed by atoms with Crippen LogP contribution < -0.4 is 5.32 Å². The minimum absolute atomic E-state index is 0.0110. The third kappa shape index (κ3) is 2.17. The zero-order valence-electron chi connectivity index (χ0n) is 10.3. The Morgan fingerprint density at radius 2 is 2.17 bits per heavy atom. The molecule has 98 valence electrons. The standard InChI is InChI=1S/C14H18BrNO2/c15-11-7-9-3-1-2-4-10(9)13(14(11)17)12-8-16-5-6-18-12/h7,12,16-17H,1-6,8H2. The van der Waals surface area contributed by atoms with Crippen LogP contribution in [0, 0.1) is 0 Å². The quantitative estimate of drug-likeness (QED) is 0.838. The number of phenolic OH excluding ortho intramolecular Hbond substituents is 1. The van der Waals surface area contributed by atoms with Crippen molar-refractivity contribution >= 4 is 15.9 Å². The molecule has 0 amide bonds. The molecule has 1 heterocycles. The Balaban J connectivity index is 2.07. The summed E-state index contributed by atoms with van der Waals surface area (Å²) in [6.07, 6.45) is 4.62. The molecule has 1 fully saturated rings. The second-order valence-corrected chi connectivity index (χ2v) is 5.88. The van der Waals surface area contributed by atoms with Crippen LogP contribution in [0.3, 0.4) is 0 Å². The average Bonchev–Trinajstić information content (AvgIpc) is 2.41. The highest BCUT2D eigenvalue weighted by atomic mass is 79.9. The largest absolute Gasteiger partial charge is 0.506 e. The number of morpholine rings is 1. The highest BCUT2D eigenvalue weighted by molar-refractivity contribution is 9.10. The molecule has 1 aromatic rings. The number of benzene rings is 1. The van der Waals surface area contributed by atoms with Gasteiger partial charge in [0.05, 0.1) is 17.2 Å². The van der Waals surface area contributed by atoms with Crippen LogP contribution in [0.15, 0.2) is 10.5 Å². The maximum absolute atomic E-state index is 10.4. The molecule has 3 rings (SSSR count). The van der Waals surface area contributed by atoms with Crippen molar-refractivity contribution in [3.8, 4) is 5.75 Å². The maximum atomic E-state index is 10.4. The average molecular weight is 312 g/mol. The lowest BCUT2D eigenvalue weighted by atomic mass is 9.85. The number of aryl methyl sites for hydroxylation is 1. The van der Waals surface area contributed by atoms with Gasteiger partial charge < -0.3 is 15.2 Å². The number of fused-ring (bicyclic) bond motifs is 1. The van der Waals surface area contributed by atoms with Crippen LogP contribution in [0.1, 0.15) is 35.6 Å². The molecule has 1 aromatic carbocycles. The molecular formula is C14H18BrNO2. The van der Waals surface area contributed by atoms with E-state index in [9.17, 15) is 5.11 Å². The van der Waals surface area contributed by atoms with Crippen molar-refractivity contribution < 1.29 is 9.84 Å². The summed E-state index contributed by atoms with van der Waals surface area (Å²) >= 11 is 3.47. The first-order valence-electron chi connectivity index (χ1n) is 6.63. The molecule has 0 spiro atoms. The summed E-state index contributed by atoms with van der Waals surface area (Å²) < 4.78 is 6.62. The van der Waals surface area contributed by atoms with Crippen molar-refractivity contribution in [1.29, 1.82) is 0 Å². The molecule has 0 saturated carbocycles. The summed E-state index contributed by atoms with van der Waals surface area (Å²) in [5.74, 6) is 0.365. The van der Waals surface area contributed by atoms with Crippen molar-refractivity contribution in [3.05, 3.63) is 27.2 Å². The van der Waals surface area contributed by atoms with E-state index in [0.717, 1.165) is 36.0 Å². The second-order valence-electron chi connectivity index (χ2n) is 5.03. The number of halogens is 1. The number of aromatic hydroxyl groups is 1. The number of phenols is 1. The van der Waals surface area contributed by atoms with E-state index in [0.29, 0.717) is 12.4 Å². The van der Waals surface area contributed by atoms with Gasteiger partial charge in [-0.3, -0.25) is 0 Å². The molecular weight excluding hydrogens is 294 g/mol. The van der Waals surface area contributed by atoms with Crippen molar-refractivity contribution in [2.45, 2.75) is 31.8 Å². The minimum atomic E-state index is -0.0110. The monoisotopic (exact) mass is 311 g/mol. The summed E-state index contributed by atoms with van der Waals surface area (Å²) in [7, 11) is 0. The van der Waals surface area contributed by atoms with Crippen molar-refractivity contribution in [3.63, 3.8) is 0 Å². The van der Waals surface area contributed by atoms with Gasteiger partial charge in [0, 0.05) is 18.7 Å². The summed E-state index contributed by atoms with van der Waals surface area (Å²) in [6, 6.07) is 2.07. The smallest absolute Gasteiger partial charge is 0.135 e. The van der Waals surface area contributed by atoms with E-state index in [1.165, 1.54) is 24.0 Å². The summed E-state index contributed by atoms with van der Waals surface area (Å²) in [5, 5.41) is 13.7. The Labute approximate surface area is 116 Å². The SMILES string of the molecule is Oc1c(Br)cc2c(c1C1CNCCO1)CCCC2. The van der Waals surface area contributed by atoms with Gasteiger partial charge in [-0.15, -0.1) is 0 Å². The lowest BCUT2D eigenvalue weighted by molar-refractivity contribution is 0.0255. The van der Waals surface area contributed by atoms with Crippen LogP contribution >= 0.6 is 15.9 Å². The van der Waals surface area contributed by atoms with Crippen LogP contribution in [0.4, 0.5) is 0 Å². The summed E-state index contributed by atoms with van der Waals surface area (Å²) in [5.41, 5.74) is 3.69. The van der Waals surface area contributed by atoms with Crippen molar-refractivity contribution in [2.75, 3.05) is 19.7 Å². The molecule has 4 heteroatoms. The number of hydrogen-bond donors (Lipinski definition) is 2. The maximum Gasteiger partial charge on any atom is 0.135 e. The van der Waals surface area contributed by atoms with Crippen molar-refractivity contribution in [1.82, 2.24) is 5.32 Å². The molecule has 1 aliphatic heterocycles. The molecule has 1 aliphatic carbocycles. The Morgan fingerprint density at radius 3 is 2.94 bits per heavy atom. The van der Waals surface area contributed by atoms with Gasteiger partial charge in [-0.25, -0.2) is 0 Å². The predicted octanol–water partition coefficient (Wildman–Crippen LogP) is 2.69. The molecule has 1 atom stereocenters. The molecule has 1 unspecified atom stereocenters. The predicted molar refractivity (Wildman–Crippen MR) is 74.0 cm³/mol. The minimum Gasteiger partial charge on any atom is -0.506 e. The third-order valence-corrected chi connectivity index (χ3v) is 4.47. The number of rotatable bonds is 1. The van der Waals surface area contributed by atoms with Crippen LogP contribution in [-0.4, -0.2) is 24.8 Å². The van der Waals surface area contributed by atoms with Crippen LogP contribution in [0.5, 0.6) is 5.75 Å². The van der Waals surface area contributed by atoms with Gasteiger partial charge in [0.1, 0.15) is 5.75 Å². The Hall–Kier alpha value is -0.580. The van der Waals surface area contributed by atoms with Crippen LogP contribution in [-0.2, 0) is 17.6 Å². The highest BCUT2D eigenvalue weighted by Crippen LogP contribution is 2.41. The Bertz CT molecular complexity index is 456. The fourth-order valence-electron chi connectivity index (χ4n) is 2.99. The topological polar surface area (TPSA) is 41.5 Å². The second kappa shape index (κ2) is 5.19. The molecule has 1 saturated heterocycles. The summed E-state index contributed by atoms with van der Waals surface area (Å²) in [4.78, 5) is 0. The number of hydrogen-bond acceptors (Lipinski definition) is 3. The number of ether oxygens (including phenoxy) is 1. The molecule has 0 bridgehead atoms. The fourth-order valence-corrected chi connectivity index (χ4v) is 3.48. The molecule has 3 nitrogen and oxygen atoms in total. The van der Waals surface area contributed by atoms with E-state index in [1.807, 2.05) is 0 Å². The molecule has 2 aliphatic rings. The zero-order chi connectivity index (χ0) is 12.5. The van der Waals surface area contributed by atoms with E-state index in [2.05, 4.69) is 27.3 Å². The third-order valence-electron chi connectivity index (χ3n) is 3.87. The normalized spacial score (nSPS) is 23.7. The van der Waals surface area contributed by atoms with Gasteiger partial charge in [-0.05, 0) is 58.8 Å². The Morgan fingerprint density at radius 1 is 1.33 bits per heavy atom. The first-order chi connectivity index (χ1) is 8.77. The van der Waals surface area contributed by atoms with E-state index in [4.69, 9.17) is 4.74 Å². The molecule has 18 heavy (non-hydrogen) atoms. The zero-order valence-corrected chi connectivity index (χ0v) is 11.9. The highest BCUT2D eigenvalue weighted by Gasteiger charge is 2.26. The fraction of sp³-hybridized carbons (Fsp3) is 0.571. The van der Waals surface area contributed by atoms with Gasteiger partial charge in [0.25, 0.3) is 0 Å². The van der Waals surface area contributed by atoms with Gasteiger partial charge >= 0.3 is 0 Å². The molecule has 0 aromatic heterocycles. The Kier molecular flexibility index (Phi) is 3.59. The molecule has 2 N–H and O–H groups in total. The van der Waals surface area contributed by atoms with E-state index < -0.39 is 0 Å². The first-order valence-corrected chi connectivity index (χ1v) is 7.42. The number of nitrogens with one attached hydrogen (secondary N) is 1.